The van der Waals surface area contributed by atoms with Crippen molar-refractivity contribution in [1.29, 1.82) is 0 Å². The standard InChI is InChI=1S/C24H26N4O3/c1-16-14-27(15-18-7-4-3-5-8-18)11-12-28(16)24(31)23(30)20-13-25-22-19(20)9-6-10-21(22)26-17(2)29/h3-10,13,16,25H,11-12,14-15H2,1-2H3,(H,26,29). The molecule has 0 spiro atoms. The van der Waals surface area contributed by atoms with Crippen molar-refractivity contribution in [2.45, 2.75) is 26.4 Å². The molecule has 160 valence electrons. The molecule has 1 atom stereocenters. The Kier molecular flexibility index (Phi) is 5.86. The minimum atomic E-state index is -0.533. The van der Waals surface area contributed by atoms with Crippen LogP contribution < -0.4 is 5.32 Å². The van der Waals surface area contributed by atoms with Gasteiger partial charge in [-0.3, -0.25) is 19.3 Å². The summed E-state index contributed by atoms with van der Waals surface area (Å²) in [5.41, 5.74) is 2.78. The highest BCUT2D eigenvalue weighted by molar-refractivity contribution is 6.45. The van der Waals surface area contributed by atoms with Gasteiger partial charge in [-0.1, -0.05) is 42.5 Å². The van der Waals surface area contributed by atoms with Crippen LogP contribution in [-0.2, 0) is 16.1 Å². The number of benzene rings is 2. The van der Waals surface area contributed by atoms with Crippen LogP contribution in [0.5, 0.6) is 0 Å². The Balaban J connectivity index is 1.47. The average Bonchev–Trinajstić information content (AvgIpc) is 3.18. The fourth-order valence-electron chi connectivity index (χ4n) is 4.20. The van der Waals surface area contributed by atoms with Crippen molar-refractivity contribution < 1.29 is 14.4 Å². The summed E-state index contributed by atoms with van der Waals surface area (Å²) < 4.78 is 0. The predicted molar refractivity (Wildman–Crippen MR) is 120 cm³/mol. The molecular formula is C24H26N4O3. The van der Waals surface area contributed by atoms with Gasteiger partial charge < -0.3 is 15.2 Å². The van der Waals surface area contributed by atoms with Crippen molar-refractivity contribution >= 4 is 34.2 Å². The van der Waals surface area contributed by atoms with Crippen LogP contribution >= 0.6 is 0 Å². The number of nitrogens with zero attached hydrogens (tertiary/aromatic N) is 2. The lowest BCUT2D eigenvalue weighted by molar-refractivity contribution is -0.130. The first kappa shape index (κ1) is 20.8. The first-order valence-corrected chi connectivity index (χ1v) is 10.4. The number of H-pyrrole nitrogens is 1. The molecule has 31 heavy (non-hydrogen) atoms. The summed E-state index contributed by atoms with van der Waals surface area (Å²) in [5.74, 6) is -1.22. The fourth-order valence-corrected chi connectivity index (χ4v) is 4.20. The van der Waals surface area contributed by atoms with Crippen molar-refractivity contribution in [3.63, 3.8) is 0 Å². The Morgan fingerprint density at radius 1 is 1.06 bits per heavy atom. The number of carbonyl (C=O) groups is 3. The predicted octanol–water partition coefficient (Wildman–Crippen LogP) is 3.04. The molecule has 1 aromatic heterocycles. The summed E-state index contributed by atoms with van der Waals surface area (Å²) in [6.45, 7) is 6.18. The van der Waals surface area contributed by atoms with Gasteiger partial charge in [-0.15, -0.1) is 0 Å². The van der Waals surface area contributed by atoms with E-state index in [1.54, 1.807) is 29.3 Å². The summed E-state index contributed by atoms with van der Waals surface area (Å²) in [7, 11) is 0. The normalized spacial score (nSPS) is 17.0. The molecule has 7 nitrogen and oxygen atoms in total. The number of hydrogen-bond donors (Lipinski definition) is 2. The number of piperazine rings is 1. The molecule has 1 saturated heterocycles. The Morgan fingerprint density at radius 2 is 1.84 bits per heavy atom. The van der Waals surface area contributed by atoms with Gasteiger partial charge in [0, 0.05) is 50.7 Å². The van der Waals surface area contributed by atoms with E-state index < -0.39 is 11.7 Å². The number of para-hydroxylation sites is 1. The number of hydrogen-bond acceptors (Lipinski definition) is 4. The van der Waals surface area contributed by atoms with Gasteiger partial charge in [-0.25, -0.2) is 0 Å². The molecule has 2 N–H and O–H groups in total. The topological polar surface area (TPSA) is 85.5 Å². The number of aromatic amines is 1. The lowest BCUT2D eigenvalue weighted by Crippen LogP contribution is -2.55. The van der Waals surface area contributed by atoms with Crippen LogP contribution in [0, 0.1) is 0 Å². The highest BCUT2D eigenvalue weighted by atomic mass is 16.2. The Labute approximate surface area is 181 Å². The minimum absolute atomic E-state index is 0.0611. The molecule has 1 unspecified atom stereocenters. The van der Waals surface area contributed by atoms with E-state index in [0.29, 0.717) is 35.2 Å². The molecule has 0 aliphatic carbocycles. The number of Topliss-reactive ketones (excluding diaryl/α,β-unsaturated/α-hetero) is 1. The minimum Gasteiger partial charge on any atom is -0.359 e. The van der Waals surface area contributed by atoms with Crippen molar-refractivity contribution in [2.24, 2.45) is 0 Å². The van der Waals surface area contributed by atoms with E-state index in [1.807, 2.05) is 25.1 Å². The molecule has 2 aromatic carbocycles. The molecule has 3 aromatic rings. The van der Waals surface area contributed by atoms with Gasteiger partial charge in [0.2, 0.25) is 5.91 Å². The smallest absolute Gasteiger partial charge is 0.295 e. The van der Waals surface area contributed by atoms with E-state index in [2.05, 4.69) is 27.3 Å². The third-order valence-electron chi connectivity index (χ3n) is 5.69. The molecule has 2 heterocycles. The third-order valence-corrected chi connectivity index (χ3v) is 5.69. The first-order chi connectivity index (χ1) is 14.9. The largest absolute Gasteiger partial charge is 0.359 e. The van der Waals surface area contributed by atoms with E-state index in [9.17, 15) is 14.4 Å². The third kappa shape index (κ3) is 4.36. The number of ketones is 1. The quantitative estimate of drug-likeness (QED) is 0.493. The molecule has 1 aliphatic rings. The molecule has 1 fully saturated rings. The number of nitrogens with one attached hydrogen (secondary N) is 2. The average molecular weight is 418 g/mol. The Hall–Kier alpha value is -3.45. The maximum absolute atomic E-state index is 13.1. The second-order valence-electron chi connectivity index (χ2n) is 8.01. The van der Waals surface area contributed by atoms with E-state index in [4.69, 9.17) is 0 Å². The van der Waals surface area contributed by atoms with E-state index in [0.717, 1.165) is 13.1 Å². The lowest BCUT2D eigenvalue weighted by atomic mass is 10.1. The molecule has 1 aliphatic heterocycles. The van der Waals surface area contributed by atoms with Gasteiger partial charge in [0.05, 0.1) is 16.8 Å². The maximum atomic E-state index is 13.1. The summed E-state index contributed by atoms with van der Waals surface area (Å²) in [6, 6.07) is 15.5. The maximum Gasteiger partial charge on any atom is 0.295 e. The van der Waals surface area contributed by atoms with Crippen LogP contribution in [0.3, 0.4) is 0 Å². The van der Waals surface area contributed by atoms with E-state index >= 15 is 0 Å². The molecule has 0 saturated carbocycles. The Bertz CT molecular complexity index is 1120. The zero-order chi connectivity index (χ0) is 22.0. The second kappa shape index (κ2) is 8.73. The lowest BCUT2D eigenvalue weighted by Gasteiger charge is -2.39. The van der Waals surface area contributed by atoms with Crippen LogP contribution in [0.25, 0.3) is 10.9 Å². The summed E-state index contributed by atoms with van der Waals surface area (Å²) >= 11 is 0. The Morgan fingerprint density at radius 3 is 2.55 bits per heavy atom. The zero-order valence-corrected chi connectivity index (χ0v) is 17.7. The number of rotatable bonds is 5. The summed E-state index contributed by atoms with van der Waals surface area (Å²) in [4.78, 5) is 44.5. The number of aromatic nitrogens is 1. The van der Waals surface area contributed by atoms with E-state index in [-0.39, 0.29) is 11.9 Å². The van der Waals surface area contributed by atoms with E-state index in [1.165, 1.54) is 12.5 Å². The summed E-state index contributed by atoms with van der Waals surface area (Å²) in [6.07, 6.45) is 1.55. The van der Waals surface area contributed by atoms with Crippen LogP contribution in [0.2, 0.25) is 0 Å². The van der Waals surface area contributed by atoms with Gasteiger partial charge in [0.25, 0.3) is 11.7 Å². The zero-order valence-electron chi connectivity index (χ0n) is 17.7. The molecular weight excluding hydrogens is 392 g/mol. The molecule has 0 bridgehead atoms. The fraction of sp³-hybridized carbons (Fsp3) is 0.292. The summed E-state index contributed by atoms with van der Waals surface area (Å²) in [5, 5.41) is 3.37. The molecule has 4 rings (SSSR count). The van der Waals surface area contributed by atoms with Crippen molar-refractivity contribution in [3.8, 4) is 0 Å². The number of carbonyl (C=O) groups excluding carboxylic acids is 3. The number of fused-ring (bicyclic) bond motifs is 1. The van der Waals surface area contributed by atoms with Crippen molar-refractivity contribution in [3.05, 3.63) is 65.9 Å². The highest BCUT2D eigenvalue weighted by Crippen LogP contribution is 2.26. The van der Waals surface area contributed by atoms with Crippen LogP contribution in [-0.4, -0.2) is 58.1 Å². The second-order valence-corrected chi connectivity index (χ2v) is 8.01. The SMILES string of the molecule is CC(=O)Nc1cccc2c(C(=O)C(=O)N3CCN(Cc4ccccc4)CC3C)c[nH]c12. The van der Waals surface area contributed by atoms with Crippen molar-refractivity contribution in [2.75, 3.05) is 25.0 Å². The van der Waals surface area contributed by atoms with Crippen LogP contribution in [0.1, 0.15) is 29.8 Å². The van der Waals surface area contributed by atoms with Crippen LogP contribution in [0.15, 0.2) is 54.7 Å². The van der Waals surface area contributed by atoms with Crippen LogP contribution in [0.4, 0.5) is 5.69 Å². The van der Waals surface area contributed by atoms with Gasteiger partial charge in [-0.2, -0.15) is 0 Å². The number of anilines is 1. The number of amides is 2. The molecule has 7 heteroatoms. The first-order valence-electron chi connectivity index (χ1n) is 10.4. The monoisotopic (exact) mass is 418 g/mol. The van der Waals surface area contributed by atoms with Gasteiger partial charge in [0.1, 0.15) is 0 Å². The van der Waals surface area contributed by atoms with Gasteiger partial charge in [-0.05, 0) is 18.6 Å². The van der Waals surface area contributed by atoms with Crippen molar-refractivity contribution in [1.82, 2.24) is 14.8 Å². The molecule has 0 radical (unpaired) electrons. The van der Waals surface area contributed by atoms with Gasteiger partial charge >= 0.3 is 0 Å². The highest BCUT2D eigenvalue weighted by Gasteiger charge is 2.32. The van der Waals surface area contributed by atoms with Gasteiger partial charge in [0.15, 0.2) is 0 Å². The molecule has 2 amide bonds.